The quantitative estimate of drug-likeness (QED) is 0.575. The summed E-state index contributed by atoms with van der Waals surface area (Å²) in [7, 11) is 0. The van der Waals surface area contributed by atoms with Gasteiger partial charge in [-0.2, -0.15) is 0 Å². The first kappa shape index (κ1) is 11.2. The molecule has 0 saturated carbocycles. The maximum absolute atomic E-state index is 11.3. The van der Waals surface area contributed by atoms with Crippen LogP contribution in [0.1, 0.15) is 5.56 Å². The zero-order valence-electron chi connectivity index (χ0n) is 8.19. The number of carbonyl (C=O) groups is 2. The molecule has 2 amide bonds. The van der Waals surface area contributed by atoms with Crippen LogP contribution in [-0.4, -0.2) is 18.4 Å². The van der Waals surface area contributed by atoms with Gasteiger partial charge in [-0.3, -0.25) is 20.4 Å². The maximum Gasteiger partial charge on any atom is 0.252 e. The standard InChI is InChI=1S/C10H13N3O2/c11-7-10(15)13-12-9(14)6-8-4-2-1-3-5-8/h1-5H,6-7,11H2,(H,12,14)(H,13,15). The number of hydrazine groups is 1. The maximum atomic E-state index is 11.3. The summed E-state index contributed by atoms with van der Waals surface area (Å²) in [5.74, 6) is -0.695. The van der Waals surface area contributed by atoms with Crippen molar-refractivity contribution in [3.8, 4) is 0 Å². The molecule has 0 atom stereocenters. The van der Waals surface area contributed by atoms with Crippen molar-refractivity contribution in [2.75, 3.05) is 6.54 Å². The lowest BCUT2D eigenvalue weighted by atomic mass is 10.1. The number of amides is 2. The normalized spacial score (nSPS) is 9.40. The third-order valence-corrected chi connectivity index (χ3v) is 1.73. The third-order valence-electron chi connectivity index (χ3n) is 1.73. The molecule has 0 aliphatic rings. The molecule has 0 spiro atoms. The van der Waals surface area contributed by atoms with Crippen LogP contribution in [0.5, 0.6) is 0 Å². The van der Waals surface area contributed by atoms with E-state index in [0.29, 0.717) is 0 Å². The summed E-state index contributed by atoms with van der Waals surface area (Å²) < 4.78 is 0. The van der Waals surface area contributed by atoms with Crippen LogP contribution in [0.15, 0.2) is 30.3 Å². The Balaban J connectivity index is 2.34. The molecule has 80 valence electrons. The molecule has 0 aliphatic carbocycles. The van der Waals surface area contributed by atoms with Gasteiger partial charge in [0.25, 0.3) is 5.91 Å². The molecule has 15 heavy (non-hydrogen) atoms. The Kier molecular flexibility index (Phi) is 4.30. The van der Waals surface area contributed by atoms with E-state index in [2.05, 4.69) is 10.9 Å². The summed E-state index contributed by atoms with van der Waals surface area (Å²) in [5, 5.41) is 0. The minimum atomic E-state index is -0.420. The highest BCUT2D eigenvalue weighted by molar-refractivity contribution is 5.83. The van der Waals surface area contributed by atoms with E-state index in [1.807, 2.05) is 30.3 Å². The second kappa shape index (κ2) is 5.77. The number of benzene rings is 1. The number of nitrogens with two attached hydrogens (primary N) is 1. The summed E-state index contributed by atoms with van der Waals surface area (Å²) >= 11 is 0. The van der Waals surface area contributed by atoms with Gasteiger partial charge in [0.05, 0.1) is 13.0 Å². The highest BCUT2D eigenvalue weighted by Gasteiger charge is 2.03. The van der Waals surface area contributed by atoms with Crippen molar-refractivity contribution >= 4 is 11.8 Å². The number of hydrogen-bond acceptors (Lipinski definition) is 3. The zero-order valence-corrected chi connectivity index (χ0v) is 8.19. The highest BCUT2D eigenvalue weighted by atomic mass is 16.2. The van der Waals surface area contributed by atoms with Crippen molar-refractivity contribution in [1.29, 1.82) is 0 Å². The first-order chi connectivity index (χ1) is 7.22. The van der Waals surface area contributed by atoms with Gasteiger partial charge in [0.2, 0.25) is 5.91 Å². The van der Waals surface area contributed by atoms with Gasteiger partial charge in [-0.05, 0) is 5.56 Å². The molecule has 0 aromatic heterocycles. The number of nitrogens with one attached hydrogen (secondary N) is 2. The first-order valence-electron chi connectivity index (χ1n) is 4.54. The molecule has 0 fully saturated rings. The average Bonchev–Trinajstić information content (AvgIpc) is 2.27. The van der Waals surface area contributed by atoms with Crippen molar-refractivity contribution in [1.82, 2.24) is 10.9 Å². The van der Waals surface area contributed by atoms with Gasteiger partial charge in [0.1, 0.15) is 0 Å². The molecule has 5 nitrogen and oxygen atoms in total. The van der Waals surface area contributed by atoms with Gasteiger partial charge in [0.15, 0.2) is 0 Å². The Morgan fingerprint density at radius 1 is 1.07 bits per heavy atom. The molecule has 4 N–H and O–H groups in total. The SMILES string of the molecule is NCC(=O)NNC(=O)Cc1ccccc1. The van der Waals surface area contributed by atoms with Crippen LogP contribution in [0, 0.1) is 0 Å². The summed E-state index contributed by atoms with van der Waals surface area (Å²) in [6.45, 7) is -0.147. The van der Waals surface area contributed by atoms with Crippen molar-refractivity contribution in [3.63, 3.8) is 0 Å². The van der Waals surface area contributed by atoms with E-state index in [4.69, 9.17) is 5.73 Å². The zero-order chi connectivity index (χ0) is 11.1. The summed E-state index contributed by atoms with van der Waals surface area (Å²) in [4.78, 5) is 22.0. The van der Waals surface area contributed by atoms with Crippen LogP contribution in [0.4, 0.5) is 0 Å². The number of carbonyl (C=O) groups excluding carboxylic acids is 2. The van der Waals surface area contributed by atoms with E-state index in [0.717, 1.165) is 5.56 Å². The molecule has 0 heterocycles. The predicted octanol–water partition coefficient (Wildman–Crippen LogP) is -0.665. The third kappa shape index (κ3) is 4.24. The van der Waals surface area contributed by atoms with E-state index in [1.54, 1.807) is 0 Å². The minimum Gasteiger partial charge on any atom is -0.322 e. The molecule has 0 radical (unpaired) electrons. The minimum absolute atomic E-state index is 0.147. The Labute approximate surface area is 87.6 Å². The monoisotopic (exact) mass is 207 g/mol. The van der Waals surface area contributed by atoms with Crippen molar-refractivity contribution in [2.45, 2.75) is 6.42 Å². The molecule has 0 bridgehead atoms. The van der Waals surface area contributed by atoms with Crippen LogP contribution in [0.25, 0.3) is 0 Å². The Morgan fingerprint density at radius 3 is 2.27 bits per heavy atom. The molecule has 1 aromatic rings. The smallest absolute Gasteiger partial charge is 0.252 e. The second-order valence-corrected chi connectivity index (χ2v) is 2.96. The Bertz CT molecular complexity index is 338. The molecule has 0 aliphatic heterocycles. The van der Waals surface area contributed by atoms with Crippen molar-refractivity contribution < 1.29 is 9.59 Å². The largest absolute Gasteiger partial charge is 0.322 e. The van der Waals surface area contributed by atoms with Gasteiger partial charge in [-0.25, -0.2) is 0 Å². The molecule has 5 heteroatoms. The van der Waals surface area contributed by atoms with Gasteiger partial charge >= 0.3 is 0 Å². The summed E-state index contributed by atoms with van der Waals surface area (Å²) in [5.41, 5.74) is 10.4. The van der Waals surface area contributed by atoms with E-state index in [-0.39, 0.29) is 18.9 Å². The molecule has 1 aromatic carbocycles. The fraction of sp³-hybridized carbons (Fsp3) is 0.200. The fourth-order valence-corrected chi connectivity index (χ4v) is 1.02. The van der Waals surface area contributed by atoms with Crippen LogP contribution >= 0.6 is 0 Å². The highest BCUT2D eigenvalue weighted by Crippen LogP contribution is 1.98. The molecule has 0 saturated heterocycles. The van der Waals surface area contributed by atoms with Crippen LogP contribution in [0.2, 0.25) is 0 Å². The van der Waals surface area contributed by atoms with E-state index < -0.39 is 5.91 Å². The molecular formula is C10H13N3O2. The van der Waals surface area contributed by atoms with Crippen LogP contribution in [-0.2, 0) is 16.0 Å². The lowest BCUT2D eigenvalue weighted by Gasteiger charge is -2.05. The van der Waals surface area contributed by atoms with Crippen LogP contribution in [0.3, 0.4) is 0 Å². The Hall–Kier alpha value is -1.88. The van der Waals surface area contributed by atoms with Gasteiger partial charge in [0, 0.05) is 0 Å². The predicted molar refractivity (Wildman–Crippen MR) is 55.5 cm³/mol. The van der Waals surface area contributed by atoms with E-state index in [1.165, 1.54) is 0 Å². The molecule has 0 unspecified atom stereocenters. The van der Waals surface area contributed by atoms with E-state index >= 15 is 0 Å². The average molecular weight is 207 g/mol. The molecule has 1 rings (SSSR count). The lowest BCUT2D eigenvalue weighted by molar-refractivity contribution is -0.127. The number of hydrogen-bond donors (Lipinski definition) is 3. The second-order valence-electron chi connectivity index (χ2n) is 2.96. The lowest BCUT2D eigenvalue weighted by Crippen LogP contribution is -2.45. The van der Waals surface area contributed by atoms with Crippen molar-refractivity contribution in [2.24, 2.45) is 5.73 Å². The summed E-state index contributed by atoms with van der Waals surface area (Å²) in [6, 6.07) is 9.24. The van der Waals surface area contributed by atoms with Gasteiger partial charge < -0.3 is 5.73 Å². The molecular weight excluding hydrogens is 194 g/mol. The summed E-state index contributed by atoms with van der Waals surface area (Å²) in [6.07, 6.45) is 0.228. The Morgan fingerprint density at radius 2 is 1.67 bits per heavy atom. The fourth-order valence-electron chi connectivity index (χ4n) is 1.02. The number of rotatable bonds is 3. The van der Waals surface area contributed by atoms with Gasteiger partial charge in [-0.1, -0.05) is 30.3 Å². The first-order valence-corrected chi connectivity index (χ1v) is 4.54. The van der Waals surface area contributed by atoms with Crippen LogP contribution < -0.4 is 16.6 Å². The van der Waals surface area contributed by atoms with Gasteiger partial charge in [-0.15, -0.1) is 0 Å². The topological polar surface area (TPSA) is 84.2 Å². The van der Waals surface area contributed by atoms with Crippen molar-refractivity contribution in [3.05, 3.63) is 35.9 Å². The van der Waals surface area contributed by atoms with E-state index in [9.17, 15) is 9.59 Å².